The van der Waals surface area contributed by atoms with Crippen LogP contribution in [-0.2, 0) is 0 Å². The van der Waals surface area contributed by atoms with E-state index in [0.29, 0.717) is 34.5 Å². The lowest BCUT2D eigenvalue weighted by molar-refractivity contribution is 0.432. The molecule has 0 radical (unpaired) electrons. The number of hydrogen-bond acceptors (Lipinski definition) is 4. The minimum Gasteiger partial charge on any atom is -0.439 e. The van der Waals surface area contributed by atoms with Crippen molar-refractivity contribution in [2.24, 2.45) is 0 Å². The number of furan rings is 1. The Labute approximate surface area is 159 Å². The molecule has 0 amide bonds. The summed E-state index contributed by atoms with van der Waals surface area (Å²) in [6.07, 6.45) is 3.77. The van der Waals surface area contributed by atoms with Crippen molar-refractivity contribution in [1.82, 2.24) is 14.7 Å². The molecule has 0 bridgehead atoms. The van der Waals surface area contributed by atoms with Gasteiger partial charge in [-0.1, -0.05) is 35.5 Å². The van der Waals surface area contributed by atoms with Gasteiger partial charge in [0.1, 0.15) is 11.6 Å². The van der Waals surface area contributed by atoms with Gasteiger partial charge in [0.05, 0.1) is 5.56 Å². The van der Waals surface area contributed by atoms with Gasteiger partial charge < -0.3 is 8.94 Å². The molecule has 0 N–H and O–H groups in total. The van der Waals surface area contributed by atoms with Crippen molar-refractivity contribution in [3.05, 3.63) is 91.0 Å². The van der Waals surface area contributed by atoms with Gasteiger partial charge in [0, 0.05) is 23.5 Å². The van der Waals surface area contributed by atoms with Crippen molar-refractivity contribution >= 4 is 0 Å². The molecular formula is C22H14FN3O2. The monoisotopic (exact) mass is 371 g/mol. The van der Waals surface area contributed by atoms with E-state index >= 15 is 0 Å². The Hall–Kier alpha value is -3.93. The summed E-state index contributed by atoms with van der Waals surface area (Å²) in [7, 11) is 0. The SMILES string of the molecule is Fc1ccc(-c2nc(-c3cc(-c4ccccc4)oc3-n3cccc3)no2)cc1. The summed E-state index contributed by atoms with van der Waals surface area (Å²) in [5.41, 5.74) is 2.30. The molecule has 28 heavy (non-hydrogen) atoms. The molecule has 0 unspecified atom stereocenters. The van der Waals surface area contributed by atoms with E-state index in [9.17, 15) is 4.39 Å². The van der Waals surface area contributed by atoms with Crippen molar-refractivity contribution in [3.63, 3.8) is 0 Å². The van der Waals surface area contributed by atoms with Gasteiger partial charge in [-0.2, -0.15) is 4.98 Å². The molecule has 6 heteroatoms. The zero-order valence-corrected chi connectivity index (χ0v) is 14.6. The third-order valence-corrected chi connectivity index (χ3v) is 4.37. The van der Waals surface area contributed by atoms with Crippen molar-refractivity contribution in [3.8, 4) is 40.0 Å². The largest absolute Gasteiger partial charge is 0.439 e. The normalized spacial score (nSPS) is 11.0. The maximum absolute atomic E-state index is 13.2. The maximum Gasteiger partial charge on any atom is 0.258 e. The molecule has 5 aromatic rings. The lowest BCUT2D eigenvalue weighted by Crippen LogP contribution is -1.90. The van der Waals surface area contributed by atoms with E-state index in [-0.39, 0.29) is 5.82 Å². The van der Waals surface area contributed by atoms with E-state index < -0.39 is 0 Å². The lowest BCUT2D eigenvalue weighted by atomic mass is 10.1. The van der Waals surface area contributed by atoms with E-state index in [1.54, 1.807) is 12.1 Å². The molecule has 0 aliphatic rings. The Morgan fingerprint density at radius 2 is 1.57 bits per heavy atom. The third kappa shape index (κ3) is 2.91. The van der Waals surface area contributed by atoms with Gasteiger partial charge in [0.15, 0.2) is 0 Å². The van der Waals surface area contributed by atoms with Crippen LogP contribution in [0.4, 0.5) is 4.39 Å². The maximum atomic E-state index is 13.2. The number of halogens is 1. The molecular weight excluding hydrogens is 357 g/mol. The minimum absolute atomic E-state index is 0.316. The molecule has 0 spiro atoms. The summed E-state index contributed by atoms with van der Waals surface area (Å²) >= 11 is 0. The van der Waals surface area contributed by atoms with Crippen LogP contribution in [0.1, 0.15) is 0 Å². The average molecular weight is 371 g/mol. The lowest BCUT2D eigenvalue weighted by Gasteiger charge is -2.00. The number of aromatic nitrogens is 3. The molecule has 2 aromatic carbocycles. The van der Waals surface area contributed by atoms with Crippen LogP contribution in [0.25, 0.3) is 40.0 Å². The van der Waals surface area contributed by atoms with Gasteiger partial charge in [0.2, 0.25) is 11.7 Å². The topological polar surface area (TPSA) is 57.0 Å². The number of hydrogen-bond donors (Lipinski definition) is 0. The van der Waals surface area contributed by atoms with Gasteiger partial charge >= 0.3 is 0 Å². The Morgan fingerprint density at radius 1 is 0.821 bits per heavy atom. The first-order chi connectivity index (χ1) is 13.8. The second-order valence-corrected chi connectivity index (χ2v) is 6.22. The van der Waals surface area contributed by atoms with E-state index in [2.05, 4.69) is 10.1 Å². The number of nitrogens with zero attached hydrogens (tertiary/aromatic N) is 3. The fourth-order valence-corrected chi connectivity index (χ4v) is 2.99. The summed E-state index contributed by atoms with van der Waals surface area (Å²) in [6.45, 7) is 0. The van der Waals surface area contributed by atoms with E-state index in [4.69, 9.17) is 8.94 Å². The van der Waals surface area contributed by atoms with Gasteiger partial charge in [-0.15, -0.1) is 0 Å². The first-order valence-electron chi connectivity index (χ1n) is 8.70. The molecule has 5 nitrogen and oxygen atoms in total. The van der Waals surface area contributed by atoms with Crippen molar-refractivity contribution in [1.29, 1.82) is 0 Å². The summed E-state index contributed by atoms with van der Waals surface area (Å²) in [6, 6.07) is 21.4. The van der Waals surface area contributed by atoms with E-state index in [1.807, 2.05) is 65.5 Å². The predicted molar refractivity (Wildman–Crippen MR) is 102 cm³/mol. The number of rotatable bonds is 4. The van der Waals surface area contributed by atoms with Gasteiger partial charge in [0.25, 0.3) is 5.89 Å². The number of benzene rings is 2. The predicted octanol–water partition coefficient (Wildman–Crippen LogP) is 5.59. The molecule has 0 aliphatic heterocycles. The quantitative estimate of drug-likeness (QED) is 0.413. The van der Waals surface area contributed by atoms with Crippen LogP contribution in [0.15, 0.2) is 94.1 Å². The Balaban J connectivity index is 1.61. The first kappa shape index (κ1) is 16.3. The van der Waals surface area contributed by atoms with Crippen LogP contribution in [0.3, 0.4) is 0 Å². The smallest absolute Gasteiger partial charge is 0.258 e. The molecule has 3 aromatic heterocycles. The molecule has 136 valence electrons. The van der Waals surface area contributed by atoms with Gasteiger partial charge in [-0.05, 0) is 42.5 Å². The molecule has 0 fully saturated rings. The minimum atomic E-state index is -0.319. The van der Waals surface area contributed by atoms with Crippen LogP contribution in [0.5, 0.6) is 0 Å². The van der Waals surface area contributed by atoms with Gasteiger partial charge in [-0.25, -0.2) is 4.39 Å². The fourth-order valence-electron chi connectivity index (χ4n) is 2.99. The zero-order valence-electron chi connectivity index (χ0n) is 14.6. The van der Waals surface area contributed by atoms with Crippen molar-refractivity contribution < 1.29 is 13.3 Å². The third-order valence-electron chi connectivity index (χ3n) is 4.37. The average Bonchev–Trinajstić information content (AvgIpc) is 3.48. The summed E-state index contributed by atoms with van der Waals surface area (Å²) in [5, 5.41) is 4.11. The standard InChI is InChI=1S/C22H14FN3O2/c23-17-10-8-16(9-11-17)21-24-20(25-28-21)18-14-19(15-6-2-1-3-7-15)27-22(18)26-12-4-5-13-26/h1-14H. The van der Waals surface area contributed by atoms with Crippen molar-refractivity contribution in [2.75, 3.05) is 0 Å². The Kier molecular flexibility index (Phi) is 3.87. The molecule has 0 saturated heterocycles. The summed E-state index contributed by atoms with van der Waals surface area (Å²) in [4.78, 5) is 4.48. The van der Waals surface area contributed by atoms with E-state index in [1.165, 1.54) is 12.1 Å². The van der Waals surface area contributed by atoms with Crippen LogP contribution in [0.2, 0.25) is 0 Å². The summed E-state index contributed by atoms with van der Waals surface area (Å²) < 4.78 is 26.5. The van der Waals surface area contributed by atoms with E-state index in [0.717, 1.165) is 5.56 Å². The Bertz CT molecular complexity index is 1210. The highest BCUT2D eigenvalue weighted by atomic mass is 19.1. The summed E-state index contributed by atoms with van der Waals surface area (Å²) in [5.74, 6) is 1.69. The molecule has 0 atom stereocenters. The van der Waals surface area contributed by atoms with Crippen LogP contribution >= 0.6 is 0 Å². The fraction of sp³-hybridized carbons (Fsp3) is 0. The van der Waals surface area contributed by atoms with Crippen LogP contribution in [-0.4, -0.2) is 14.7 Å². The van der Waals surface area contributed by atoms with Gasteiger partial charge in [-0.3, -0.25) is 4.57 Å². The van der Waals surface area contributed by atoms with Crippen LogP contribution < -0.4 is 0 Å². The molecule has 3 heterocycles. The highest BCUT2D eigenvalue weighted by molar-refractivity contribution is 5.73. The molecule has 0 aliphatic carbocycles. The Morgan fingerprint density at radius 3 is 2.32 bits per heavy atom. The van der Waals surface area contributed by atoms with Crippen LogP contribution in [0, 0.1) is 5.82 Å². The highest BCUT2D eigenvalue weighted by Crippen LogP contribution is 2.34. The highest BCUT2D eigenvalue weighted by Gasteiger charge is 2.20. The molecule has 0 saturated carbocycles. The molecule has 5 rings (SSSR count). The second-order valence-electron chi connectivity index (χ2n) is 6.22. The first-order valence-corrected chi connectivity index (χ1v) is 8.70. The second kappa shape index (κ2) is 6.66. The van der Waals surface area contributed by atoms with Crippen molar-refractivity contribution in [2.45, 2.75) is 0 Å². The zero-order chi connectivity index (χ0) is 18.9.